The summed E-state index contributed by atoms with van der Waals surface area (Å²) in [6.07, 6.45) is 5.40. The number of anilines is 2. The number of carbonyl (C=O) groups excluding carboxylic acids is 1. The number of hydrogen-bond donors (Lipinski definition) is 3. The van der Waals surface area contributed by atoms with Gasteiger partial charge in [-0.05, 0) is 49.2 Å². The number of amides is 1. The minimum absolute atomic E-state index is 0. The van der Waals surface area contributed by atoms with Crippen LogP contribution in [0.1, 0.15) is 33.5 Å². The molecular weight excluding hydrogens is 400 g/mol. The van der Waals surface area contributed by atoms with Gasteiger partial charge >= 0.3 is 0 Å². The van der Waals surface area contributed by atoms with E-state index in [1.54, 1.807) is 48.5 Å². The van der Waals surface area contributed by atoms with Crippen molar-refractivity contribution in [3.05, 3.63) is 48.5 Å². The van der Waals surface area contributed by atoms with E-state index in [0.717, 1.165) is 31.4 Å². The van der Waals surface area contributed by atoms with E-state index in [2.05, 4.69) is 10.0 Å². The smallest absolute Gasteiger partial charge is 0.227 e. The molecule has 0 saturated heterocycles. The van der Waals surface area contributed by atoms with Gasteiger partial charge in [0.2, 0.25) is 5.91 Å². The van der Waals surface area contributed by atoms with Gasteiger partial charge in [-0.25, -0.2) is 4.21 Å². The zero-order chi connectivity index (χ0) is 18.4. The van der Waals surface area contributed by atoms with Crippen LogP contribution in [-0.4, -0.2) is 25.6 Å². The SMILES string of the molecule is O.O.O=C(Nc1ccc(NS(=O)c2ccccc2SO)cc1)C1CCCCC1.[HH]. The Bertz CT molecular complexity index is 786. The number of benzene rings is 2. The molecule has 0 radical (unpaired) electrons. The van der Waals surface area contributed by atoms with Crippen LogP contribution in [-0.2, 0) is 15.8 Å². The molecule has 7 N–H and O–H groups in total. The lowest BCUT2D eigenvalue weighted by atomic mass is 9.88. The van der Waals surface area contributed by atoms with Crippen molar-refractivity contribution in [2.45, 2.75) is 41.9 Å². The zero-order valence-electron chi connectivity index (χ0n) is 15.3. The Hall–Kier alpha value is -1.91. The Kier molecular flexibility index (Phi) is 10.2. The maximum Gasteiger partial charge on any atom is 0.227 e. The van der Waals surface area contributed by atoms with Gasteiger partial charge in [-0.15, -0.1) is 0 Å². The topological polar surface area (TPSA) is 141 Å². The van der Waals surface area contributed by atoms with Crippen molar-refractivity contribution < 1.29 is 25.9 Å². The highest BCUT2D eigenvalue weighted by Crippen LogP contribution is 2.26. The molecule has 3 rings (SSSR count). The molecule has 7 nitrogen and oxygen atoms in total. The summed E-state index contributed by atoms with van der Waals surface area (Å²) < 4.78 is 24.7. The molecule has 0 aromatic heterocycles. The molecule has 1 aliphatic carbocycles. The maximum atomic E-state index is 12.5. The monoisotopic (exact) mass is 428 g/mol. The van der Waals surface area contributed by atoms with Crippen LogP contribution in [0.15, 0.2) is 58.3 Å². The van der Waals surface area contributed by atoms with Gasteiger partial charge in [0, 0.05) is 30.8 Å². The molecule has 1 unspecified atom stereocenters. The van der Waals surface area contributed by atoms with Crippen molar-refractivity contribution in [2.24, 2.45) is 5.92 Å². The minimum Gasteiger partial charge on any atom is -0.412 e. The van der Waals surface area contributed by atoms with E-state index < -0.39 is 11.0 Å². The maximum absolute atomic E-state index is 12.5. The van der Waals surface area contributed by atoms with E-state index >= 15 is 0 Å². The fourth-order valence-corrected chi connectivity index (χ4v) is 4.62. The average molecular weight is 429 g/mol. The van der Waals surface area contributed by atoms with Crippen LogP contribution < -0.4 is 10.0 Å². The molecule has 1 saturated carbocycles. The first-order valence-electron chi connectivity index (χ1n) is 8.67. The first kappa shape index (κ1) is 24.1. The molecule has 2 aromatic rings. The number of nitrogens with one attached hydrogen (secondary N) is 2. The van der Waals surface area contributed by atoms with Crippen LogP contribution in [0.25, 0.3) is 0 Å². The summed E-state index contributed by atoms with van der Waals surface area (Å²) in [5.74, 6) is 0.199. The van der Waals surface area contributed by atoms with Gasteiger partial charge in [0.1, 0.15) is 0 Å². The van der Waals surface area contributed by atoms with Crippen molar-refractivity contribution in [3.63, 3.8) is 0 Å². The van der Waals surface area contributed by atoms with E-state index in [1.165, 1.54) is 6.42 Å². The molecule has 9 heteroatoms. The van der Waals surface area contributed by atoms with Gasteiger partial charge < -0.3 is 25.5 Å². The standard InChI is InChI=1S/C19H22N2O3S2.2H2O.H2/c22-19(14-6-2-1-3-7-14)20-15-10-12-16(13-11-15)21-26(24)18-9-5-4-8-17(18)25-23;;;/h4-5,8-14,21,23H,1-3,6-7H2,(H,20,22);2*1H2;1H. The van der Waals surface area contributed by atoms with Gasteiger partial charge in [-0.3, -0.25) is 4.79 Å². The Balaban J connectivity index is 0.00000261. The molecule has 0 spiro atoms. The third-order valence-corrected chi connectivity index (χ3v) is 6.34. The minimum atomic E-state index is -1.49. The normalized spacial score (nSPS) is 14.9. The average Bonchev–Trinajstić information content (AvgIpc) is 2.70. The number of hydrogen-bond acceptors (Lipinski definition) is 4. The molecule has 0 bridgehead atoms. The first-order chi connectivity index (χ1) is 12.7. The largest absolute Gasteiger partial charge is 0.412 e. The van der Waals surface area contributed by atoms with E-state index in [4.69, 9.17) is 0 Å². The van der Waals surface area contributed by atoms with E-state index in [-0.39, 0.29) is 24.2 Å². The second-order valence-corrected chi connectivity index (χ2v) is 8.11. The van der Waals surface area contributed by atoms with Crippen molar-refractivity contribution in [2.75, 3.05) is 10.0 Å². The summed E-state index contributed by atoms with van der Waals surface area (Å²) in [6, 6.07) is 14.1. The molecule has 156 valence electrons. The van der Waals surface area contributed by atoms with Gasteiger partial charge in [-0.1, -0.05) is 31.4 Å². The van der Waals surface area contributed by atoms with Crippen LogP contribution in [0.2, 0.25) is 0 Å². The molecule has 1 aliphatic rings. The molecule has 0 heterocycles. The Morgan fingerprint density at radius 1 is 1.00 bits per heavy atom. The van der Waals surface area contributed by atoms with Gasteiger partial charge in [-0.2, -0.15) is 0 Å². The zero-order valence-corrected chi connectivity index (χ0v) is 16.9. The molecule has 1 amide bonds. The first-order valence-corrected chi connectivity index (χ1v) is 10.6. The predicted molar refractivity (Wildman–Crippen MR) is 116 cm³/mol. The lowest BCUT2D eigenvalue weighted by Crippen LogP contribution is -2.24. The number of rotatable bonds is 6. The predicted octanol–water partition coefficient (Wildman–Crippen LogP) is 3.50. The van der Waals surface area contributed by atoms with E-state index in [9.17, 15) is 13.6 Å². The van der Waals surface area contributed by atoms with E-state index in [1.807, 2.05) is 0 Å². The van der Waals surface area contributed by atoms with Crippen LogP contribution in [0.4, 0.5) is 11.4 Å². The van der Waals surface area contributed by atoms with Crippen molar-refractivity contribution in [1.29, 1.82) is 0 Å². The highest BCUT2D eigenvalue weighted by molar-refractivity contribution is 7.94. The quantitative estimate of drug-likeness (QED) is 0.605. The third-order valence-electron chi connectivity index (χ3n) is 4.49. The number of carbonyl (C=O) groups is 1. The summed E-state index contributed by atoms with van der Waals surface area (Å²) in [5.41, 5.74) is 1.42. The second-order valence-electron chi connectivity index (χ2n) is 6.31. The molecule has 1 fully saturated rings. The summed E-state index contributed by atoms with van der Waals surface area (Å²) >= 11 is 0.577. The summed E-state index contributed by atoms with van der Waals surface area (Å²) in [5, 5.41) is 2.96. The molecule has 2 aromatic carbocycles. The molecular formula is C19H28N2O5S2. The third kappa shape index (κ3) is 6.32. The molecule has 0 aliphatic heterocycles. The Morgan fingerprint density at radius 3 is 2.25 bits per heavy atom. The lowest BCUT2D eigenvalue weighted by molar-refractivity contribution is -0.120. The van der Waals surface area contributed by atoms with Crippen LogP contribution in [0, 0.1) is 5.92 Å². The molecule has 28 heavy (non-hydrogen) atoms. The van der Waals surface area contributed by atoms with Crippen LogP contribution in [0.5, 0.6) is 0 Å². The highest BCUT2D eigenvalue weighted by Gasteiger charge is 2.21. The van der Waals surface area contributed by atoms with E-state index in [0.29, 0.717) is 27.5 Å². The molecule has 1 atom stereocenters. The highest BCUT2D eigenvalue weighted by atomic mass is 32.2. The van der Waals surface area contributed by atoms with Crippen LogP contribution >= 0.6 is 12.0 Å². The van der Waals surface area contributed by atoms with Crippen molar-refractivity contribution >= 4 is 40.3 Å². The summed E-state index contributed by atoms with van der Waals surface area (Å²) in [7, 11) is -1.49. The lowest BCUT2D eigenvalue weighted by Gasteiger charge is -2.20. The fraction of sp³-hybridized carbons (Fsp3) is 0.316. The summed E-state index contributed by atoms with van der Waals surface area (Å²) in [4.78, 5) is 13.4. The van der Waals surface area contributed by atoms with Crippen LogP contribution in [0.3, 0.4) is 0 Å². The van der Waals surface area contributed by atoms with Gasteiger partial charge in [0.05, 0.1) is 9.79 Å². The van der Waals surface area contributed by atoms with Crippen molar-refractivity contribution in [3.8, 4) is 0 Å². The second kappa shape index (κ2) is 11.8. The summed E-state index contributed by atoms with van der Waals surface area (Å²) in [6.45, 7) is 0. The Labute approximate surface area is 172 Å². The van der Waals surface area contributed by atoms with Gasteiger partial charge in [0.25, 0.3) is 0 Å². The Morgan fingerprint density at radius 2 is 1.61 bits per heavy atom. The fourth-order valence-electron chi connectivity index (χ4n) is 3.07. The van der Waals surface area contributed by atoms with Crippen molar-refractivity contribution in [1.82, 2.24) is 0 Å². The van der Waals surface area contributed by atoms with Gasteiger partial charge in [0.15, 0.2) is 11.0 Å².